The zero-order valence-corrected chi connectivity index (χ0v) is 23.0. The first-order chi connectivity index (χ1) is 17.4. The quantitative estimate of drug-likeness (QED) is 0.324. The number of aromatic nitrogens is 3. The van der Waals surface area contributed by atoms with Crippen molar-refractivity contribution in [1.82, 2.24) is 14.8 Å². The van der Waals surface area contributed by atoms with Crippen molar-refractivity contribution in [3.8, 4) is 11.8 Å². The van der Waals surface area contributed by atoms with Gasteiger partial charge in [-0.25, -0.2) is 0 Å². The normalized spacial score (nSPS) is 15.2. The molecule has 190 valence electrons. The van der Waals surface area contributed by atoms with Crippen molar-refractivity contribution >= 4 is 34.0 Å². The van der Waals surface area contributed by atoms with Gasteiger partial charge in [0.25, 0.3) is 0 Å². The first kappa shape index (κ1) is 26.2. The van der Waals surface area contributed by atoms with Crippen molar-refractivity contribution < 1.29 is 9.53 Å². The van der Waals surface area contributed by atoms with E-state index in [1.807, 2.05) is 41.8 Å². The largest absolute Gasteiger partial charge is 0.486 e. The highest BCUT2D eigenvalue weighted by Gasteiger charge is 2.34. The third-order valence-electron chi connectivity index (χ3n) is 7.20. The van der Waals surface area contributed by atoms with E-state index in [1.165, 1.54) is 16.6 Å². The second-order valence-electron chi connectivity index (χ2n) is 9.68. The van der Waals surface area contributed by atoms with Crippen LogP contribution in [0.5, 0.6) is 5.75 Å². The number of ether oxygens (including phenoxy) is 1. The molecule has 0 radical (unpaired) electrons. The van der Waals surface area contributed by atoms with E-state index in [0.29, 0.717) is 40.6 Å². The molecule has 3 aromatic rings. The Bertz CT molecular complexity index is 1240. The highest BCUT2D eigenvalue weighted by Crippen LogP contribution is 2.45. The van der Waals surface area contributed by atoms with Crippen LogP contribution in [0.1, 0.15) is 62.4 Å². The van der Waals surface area contributed by atoms with Gasteiger partial charge in [0.15, 0.2) is 11.0 Å². The van der Waals surface area contributed by atoms with E-state index in [9.17, 15) is 10.1 Å². The van der Waals surface area contributed by atoms with E-state index in [2.05, 4.69) is 42.4 Å². The standard InChI is InChI=1S/C27H33N5O2S2/c1-5-27(3,4)18-12-13-20-21(15-28)25(36-22(20)14-18)29-24(33)17-35-26-31-30-23(32(26)6-2)16-34-19-10-8-7-9-11-19/h7-11,18H,5-6,12-14,16-17H2,1-4H3,(H,29,33)/t18-/m0/s1. The fourth-order valence-electron chi connectivity index (χ4n) is 4.56. The number of nitriles is 1. The summed E-state index contributed by atoms with van der Waals surface area (Å²) in [4.78, 5) is 14.1. The number of carbonyl (C=O) groups is 1. The van der Waals surface area contributed by atoms with Gasteiger partial charge in [0.1, 0.15) is 23.4 Å². The molecule has 7 nitrogen and oxygen atoms in total. The molecule has 0 saturated heterocycles. The monoisotopic (exact) mass is 523 g/mol. The van der Waals surface area contributed by atoms with Gasteiger partial charge in [0.2, 0.25) is 5.91 Å². The molecule has 0 saturated carbocycles. The predicted molar refractivity (Wildman–Crippen MR) is 144 cm³/mol. The smallest absolute Gasteiger partial charge is 0.235 e. The Morgan fingerprint density at radius 2 is 2.08 bits per heavy atom. The van der Waals surface area contributed by atoms with E-state index < -0.39 is 0 Å². The molecular formula is C27H33N5O2S2. The maximum atomic E-state index is 12.8. The first-order valence-corrected chi connectivity index (χ1v) is 14.2. The number of hydrogen-bond donors (Lipinski definition) is 1. The molecule has 9 heteroatoms. The zero-order chi connectivity index (χ0) is 25.7. The van der Waals surface area contributed by atoms with Crippen LogP contribution >= 0.6 is 23.1 Å². The van der Waals surface area contributed by atoms with Crippen molar-refractivity contribution in [2.45, 2.75) is 71.7 Å². The number of benzene rings is 1. The number of nitrogens with one attached hydrogen (secondary N) is 1. The minimum atomic E-state index is -0.145. The Morgan fingerprint density at radius 3 is 2.78 bits per heavy atom. The minimum Gasteiger partial charge on any atom is -0.486 e. The van der Waals surface area contributed by atoms with Crippen LogP contribution in [0.4, 0.5) is 5.00 Å². The van der Waals surface area contributed by atoms with Gasteiger partial charge >= 0.3 is 0 Å². The van der Waals surface area contributed by atoms with E-state index in [1.54, 1.807) is 11.3 Å². The number of thioether (sulfide) groups is 1. The number of amides is 1. The lowest BCUT2D eigenvalue weighted by Gasteiger charge is -2.36. The maximum Gasteiger partial charge on any atom is 0.235 e. The number of rotatable bonds is 10. The second-order valence-corrected chi connectivity index (χ2v) is 11.7. The lowest BCUT2D eigenvalue weighted by Crippen LogP contribution is -2.28. The van der Waals surface area contributed by atoms with Crippen LogP contribution < -0.4 is 10.1 Å². The van der Waals surface area contributed by atoms with E-state index in [4.69, 9.17) is 4.74 Å². The van der Waals surface area contributed by atoms with Crippen LogP contribution in [-0.2, 0) is 30.8 Å². The molecular weight excluding hydrogens is 490 g/mol. The molecule has 1 amide bonds. The summed E-state index contributed by atoms with van der Waals surface area (Å²) >= 11 is 2.91. The number of thiophene rings is 1. The fraction of sp³-hybridized carbons (Fsp3) is 0.481. The van der Waals surface area contributed by atoms with Gasteiger partial charge in [-0.1, -0.05) is 57.2 Å². The Labute approximate surface area is 221 Å². The van der Waals surface area contributed by atoms with Crippen LogP contribution in [0, 0.1) is 22.7 Å². The van der Waals surface area contributed by atoms with Crippen LogP contribution in [-0.4, -0.2) is 26.4 Å². The molecule has 2 heterocycles. The summed E-state index contributed by atoms with van der Waals surface area (Å²) in [6.45, 7) is 9.90. The van der Waals surface area contributed by atoms with Gasteiger partial charge in [0.05, 0.1) is 11.3 Å². The van der Waals surface area contributed by atoms with Crippen LogP contribution in [0.25, 0.3) is 0 Å². The van der Waals surface area contributed by atoms with Gasteiger partial charge in [-0.05, 0) is 55.2 Å². The molecule has 0 fully saturated rings. The van der Waals surface area contributed by atoms with Gasteiger partial charge in [0, 0.05) is 11.4 Å². The topological polar surface area (TPSA) is 92.8 Å². The summed E-state index contributed by atoms with van der Waals surface area (Å²) in [5.74, 6) is 2.13. The lowest BCUT2D eigenvalue weighted by atomic mass is 9.69. The molecule has 2 aromatic heterocycles. The summed E-state index contributed by atoms with van der Waals surface area (Å²) in [5, 5.41) is 22.7. The van der Waals surface area contributed by atoms with Crippen LogP contribution in [0.2, 0.25) is 0 Å². The molecule has 0 spiro atoms. The van der Waals surface area contributed by atoms with E-state index in [0.717, 1.165) is 37.0 Å². The molecule has 0 unspecified atom stereocenters. The number of anilines is 1. The molecule has 1 aromatic carbocycles. The minimum absolute atomic E-state index is 0.145. The third-order valence-corrected chi connectivity index (χ3v) is 9.34. The lowest BCUT2D eigenvalue weighted by molar-refractivity contribution is -0.113. The Morgan fingerprint density at radius 1 is 1.31 bits per heavy atom. The predicted octanol–water partition coefficient (Wildman–Crippen LogP) is 6.08. The summed E-state index contributed by atoms with van der Waals surface area (Å²) in [7, 11) is 0. The van der Waals surface area contributed by atoms with Crippen molar-refractivity contribution in [1.29, 1.82) is 5.26 Å². The van der Waals surface area contributed by atoms with Crippen molar-refractivity contribution in [3.63, 3.8) is 0 Å². The molecule has 4 rings (SSSR count). The Kier molecular flexibility index (Phi) is 8.37. The van der Waals surface area contributed by atoms with E-state index >= 15 is 0 Å². The second kappa shape index (κ2) is 11.5. The van der Waals surface area contributed by atoms with Crippen LogP contribution in [0.15, 0.2) is 35.5 Å². The average molecular weight is 524 g/mol. The Balaban J connectivity index is 1.38. The summed E-state index contributed by atoms with van der Waals surface area (Å²) in [5.41, 5.74) is 2.04. The maximum absolute atomic E-state index is 12.8. The van der Waals surface area contributed by atoms with Gasteiger partial charge < -0.3 is 14.6 Å². The number of para-hydroxylation sites is 1. The molecule has 0 aliphatic heterocycles. The van der Waals surface area contributed by atoms with Crippen LogP contribution in [0.3, 0.4) is 0 Å². The fourth-order valence-corrected chi connectivity index (χ4v) is 6.67. The van der Waals surface area contributed by atoms with Crippen molar-refractivity contribution in [3.05, 3.63) is 52.2 Å². The number of fused-ring (bicyclic) bond motifs is 1. The molecule has 36 heavy (non-hydrogen) atoms. The number of nitrogens with zero attached hydrogens (tertiary/aromatic N) is 4. The summed E-state index contributed by atoms with van der Waals surface area (Å²) in [6.07, 6.45) is 4.10. The highest BCUT2D eigenvalue weighted by molar-refractivity contribution is 7.99. The highest BCUT2D eigenvalue weighted by atomic mass is 32.2. The molecule has 1 atom stereocenters. The third kappa shape index (κ3) is 5.76. The molecule has 1 aliphatic rings. The van der Waals surface area contributed by atoms with Gasteiger partial charge in [-0.2, -0.15) is 5.26 Å². The van der Waals surface area contributed by atoms with Crippen molar-refractivity contribution in [2.24, 2.45) is 11.3 Å². The van der Waals surface area contributed by atoms with Gasteiger partial charge in [-0.15, -0.1) is 21.5 Å². The molecule has 1 N–H and O–H groups in total. The SMILES string of the molecule is CCn1c(COc2ccccc2)nnc1SCC(=O)Nc1sc2c(c1C#N)CC[C@H](C(C)(C)CC)C2. The Hall–Kier alpha value is -2.83. The summed E-state index contributed by atoms with van der Waals surface area (Å²) < 4.78 is 7.77. The average Bonchev–Trinajstić information content (AvgIpc) is 3.45. The van der Waals surface area contributed by atoms with E-state index in [-0.39, 0.29) is 17.1 Å². The number of hydrogen-bond acceptors (Lipinski definition) is 7. The molecule has 1 aliphatic carbocycles. The van der Waals surface area contributed by atoms with Crippen molar-refractivity contribution in [2.75, 3.05) is 11.1 Å². The first-order valence-electron chi connectivity index (χ1n) is 12.4. The zero-order valence-electron chi connectivity index (χ0n) is 21.3. The summed E-state index contributed by atoms with van der Waals surface area (Å²) in [6, 6.07) is 11.9. The molecule has 0 bridgehead atoms. The van der Waals surface area contributed by atoms with Gasteiger partial charge in [-0.3, -0.25) is 4.79 Å². The number of carbonyl (C=O) groups excluding carboxylic acids is 1.